The molecule has 0 aliphatic rings. The summed E-state index contributed by atoms with van der Waals surface area (Å²) in [4.78, 5) is 30.0. The summed E-state index contributed by atoms with van der Waals surface area (Å²) in [5.74, 6) is -0.698. The molecule has 2 heterocycles. The van der Waals surface area contributed by atoms with E-state index in [1.54, 1.807) is 48.0 Å². The van der Waals surface area contributed by atoms with Gasteiger partial charge in [0.25, 0.3) is 0 Å². The summed E-state index contributed by atoms with van der Waals surface area (Å²) in [7, 11) is 0. The summed E-state index contributed by atoms with van der Waals surface area (Å²) in [5.41, 5.74) is 2.50. The Kier molecular flexibility index (Phi) is 4.38. The van der Waals surface area contributed by atoms with Gasteiger partial charge in [0.1, 0.15) is 6.33 Å². The highest BCUT2D eigenvalue weighted by Gasteiger charge is 2.23. The molecule has 5 nitrogen and oxygen atoms in total. The van der Waals surface area contributed by atoms with Crippen LogP contribution in [0.4, 0.5) is 0 Å². The summed E-state index contributed by atoms with van der Waals surface area (Å²) in [6.45, 7) is 2.00. The fourth-order valence-electron chi connectivity index (χ4n) is 3.11. The van der Waals surface area contributed by atoms with Gasteiger partial charge in [0.2, 0.25) is 5.78 Å². The van der Waals surface area contributed by atoms with Crippen LogP contribution in [-0.2, 0) is 4.74 Å². The van der Waals surface area contributed by atoms with Gasteiger partial charge in [-0.3, -0.25) is 9.20 Å². The van der Waals surface area contributed by atoms with Gasteiger partial charge in [-0.25, -0.2) is 9.78 Å². The molecule has 134 valence electrons. The average molecular weight is 379 g/mol. The number of para-hydroxylation sites is 1. The van der Waals surface area contributed by atoms with Gasteiger partial charge in [0.05, 0.1) is 28.9 Å². The molecule has 0 saturated carbocycles. The van der Waals surface area contributed by atoms with E-state index >= 15 is 0 Å². The SMILES string of the molecule is CCOC(=O)c1cc(C(=O)c2ccc(Cl)cc2)n2cnc3ccccc3c12. The molecule has 0 amide bonds. The molecule has 4 aromatic rings. The van der Waals surface area contributed by atoms with E-state index in [-0.39, 0.29) is 12.4 Å². The molecule has 0 N–H and O–H groups in total. The van der Waals surface area contributed by atoms with Crippen molar-refractivity contribution in [1.82, 2.24) is 9.38 Å². The van der Waals surface area contributed by atoms with E-state index in [1.165, 1.54) is 0 Å². The highest BCUT2D eigenvalue weighted by Crippen LogP contribution is 2.27. The van der Waals surface area contributed by atoms with E-state index in [4.69, 9.17) is 16.3 Å². The third-order valence-electron chi connectivity index (χ3n) is 4.34. The van der Waals surface area contributed by atoms with Crippen molar-refractivity contribution in [3.05, 3.63) is 82.8 Å². The minimum Gasteiger partial charge on any atom is -0.462 e. The van der Waals surface area contributed by atoms with Crippen molar-refractivity contribution in [2.45, 2.75) is 6.92 Å². The zero-order valence-corrected chi connectivity index (χ0v) is 15.2. The lowest BCUT2D eigenvalue weighted by Gasteiger charge is -2.06. The lowest BCUT2D eigenvalue weighted by Crippen LogP contribution is -2.05. The molecular formula is C21H15ClN2O3. The molecule has 0 fully saturated rings. The van der Waals surface area contributed by atoms with Crippen LogP contribution in [0.5, 0.6) is 0 Å². The molecule has 0 atom stereocenters. The maximum Gasteiger partial charge on any atom is 0.340 e. The molecule has 2 aromatic carbocycles. The van der Waals surface area contributed by atoms with Crippen LogP contribution in [-0.4, -0.2) is 27.7 Å². The monoisotopic (exact) mass is 378 g/mol. The molecule has 27 heavy (non-hydrogen) atoms. The quantitative estimate of drug-likeness (QED) is 0.386. The first-order valence-corrected chi connectivity index (χ1v) is 8.84. The van der Waals surface area contributed by atoms with Gasteiger partial charge in [0, 0.05) is 16.0 Å². The number of ketones is 1. The fraction of sp³-hybridized carbons (Fsp3) is 0.0952. The van der Waals surface area contributed by atoms with Crippen LogP contribution in [0.3, 0.4) is 0 Å². The van der Waals surface area contributed by atoms with E-state index in [0.29, 0.717) is 27.4 Å². The van der Waals surface area contributed by atoms with Crippen LogP contribution in [0.1, 0.15) is 33.3 Å². The van der Waals surface area contributed by atoms with Gasteiger partial charge in [-0.2, -0.15) is 0 Å². The number of carbonyl (C=O) groups excluding carboxylic acids is 2. The third-order valence-corrected chi connectivity index (χ3v) is 4.59. The van der Waals surface area contributed by atoms with Crippen LogP contribution in [0, 0.1) is 0 Å². The number of rotatable bonds is 4. The predicted octanol–water partition coefficient (Wildman–Crippen LogP) is 4.55. The number of nitrogens with zero attached hydrogens (tertiary/aromatic N) is 2. The highest BCUT2D eigenvalue weighted by atomic mass is 35.5. The number of ether oxygens (including phenoxy) is 1. The molecule has 0 aliphatic heterocycles. The first kappa shape index (κ1) is 17.2. The first-order valence-electron chi connectivity index (χ1n) is 8.46. The average Bonchev–Trinajstić information content (AvgIpc) is 3.08. The van der Waals surface area contributed by atoms with E-state index in [2.05, 4.69) is 4.98 Å². The van der Waals surface area contributed by atoms with Crippen molar-refractivity contribution in [2.75, 3.05) is 6.61 Å². The second-order valence-electron chi connectivity index (χ2n) is 5.98. The number of esters is 1. The third kappa shape index (κ3) is 2.96. The van der Waals surface area contributed by atoms with Crippen LogP contribution < -0.4 is 0 Å². The molecule has 2 aromatic heterocycles. The highest BCUT2D eigenvalue weighted by molar-refractivity contribution is 6.30. The molecule has 0 radical (unpaired) electrons. The number of halogens is 1. The van der Waals surface area contributed by atoms with Crippen molar-refractivity contribution in [3.63, 3.8) is 0 Å². The van der Waals surface area contributed by atoms with Gasteiger partial charge in [-0.1, -0.05) is 29.8 Å². The molecule has 6 heteroatoms. The Morgan fingerprint density at radius 2 is 1.85 bits per heavy atom. The predicted molar refractivity (Wildman–Crippen MR) is 104 cm³/mol. The summed E-state index contributed by atoms with van der Waals surface area (Å²) in [6.07, 6.45) is 1.56. The maximum absolute atomic E-state index is 13.1. The zero-order valence-electron chi connectivity index (χ0n) is 14.5. The number of benzene rings is 2. The smallest absolute Gasteiger partial charge is 0.340 e. The Morgan fingerprint density at radius 1 is 1.11 bits per heavy atom. The number of fused-ring (bicyclic) bond motifs is 3. The minimum absolute atomic E-state index is 0.228. The standard InChI is InChI=1S/C21H15ClN2O3/c1-2-27-21(26)16-11-18(20(25)13-7-9-14(22)10-8-13)24-12-23-17-6-4-3-5-15(17)19(16)24/h3-12H,2H2,1H3. The molecule has 0 aliphatic carbocycles. The van der Waals surface area contributed by atoms with Crippen LogP contribution in [0.25, 0.3) is 16.4 Å². The largest absolute Gasteiger partial charge is 0.462 e. The maximum atomic E-state index is 13.1. The Balaban J connectivity index is 1.98. The van der Waals surface area contributed by atoms with Crippen molar-refractivity contribution in [1.29, 1.82) is 0 Å². The Labute approximate surface area is 160 Å². The van der Waals surface area contributed by atoms with Crippen LogP contribution in [0.15, 0.2) is 60.9 Å². The summed E-state index contributed by atoms with van der Waals surface area (Å²) in [6, 6.07) is 15.7. The van der Waals surface area contributed by atoms with Gasteiger partial charge >= 0.3 is 5.97 Å². The minimum atomic E-state index is -0.471. The summed E-state index contributed by atoms with van der Waals surface area (Å²) in [5, 5.41) is 1.32. The van der Waals surface area contributed by atoms with Crippen molar-refractivity contribution in [3.8, 4) is 0 Å². The zero-order chi connectivity index (χ0) is 19.0. The van der Waals surface area contributed by atoms with Gasteiger partial charge in [-0.15, -0.1) is 0 Å². The van der Waals surface area contributed by atoms with Crippen molar-refractivity contribution in [2.24, 2.45) is 0 Å². The van der Waals surface area contributed by atoms with E-state index < -0.39 is 5.97 Å². The van der Waals surface area contributed by atoms with Crippen molar-refractivity contribution < 1.29 is 14.3 Å². The van der Waals surface area contributed by atoms with E-state index in [1.807, 2.05) is 24.3 Å². The Bertz CT molecular complexity index is 1180. The lowest BCUT2D eigenvalue weighted by atomic mass is 10.1. The second-order valence-corrected chi connectivity index (χ2v) is 6.42. The van der Waals surface area contributed by atoms with Gasteiger partial charge < -0.3 is 4.74 Å². The van der Waals surface area contributed by atoms with Gasteiger partial charge in [-0.05, 0) is 43.3 Å². The normalized spacial score (nSPS) is 11.0. The summed E-state index contributed by atoms with van der Waals surface area (Å²) < 4.78 is 6.84. The number of hydrogen-bond donors (Lipinski definition) is 0. The Hall–Kier alpha value is -3.18. The van der Waals surface area contributed by atoms with Crippen LogP contribution in [0.2, 0.25) is 5.02 Å². The number of aromatic nitrogens is 2. The molecule has 0 unspecified atom stereocenters. The van der Waals surface area contributed by atoms with Gasteiger partial charge in [0.15, 0.2) is 0 Å². The fourth-order valence-corrected chi connectivity index (χ4v) is 3.24. The topological polar surface area (TPSA) is 60.7 Å². The Morgan fingerprint density at radius 3 is 2.59 bits per heavy atom. The molecule has 0 saturated heterocycles. The molecule has 0 bridgehead atoms. The first-order chi connectivity index (χ1) is 13.1. The molecule has 4 rings (SSSR count). The van der Waals surface area contributed by atoms with Crippen LogP contribution >= 0.6 is 11.6 Å². The van der Waals surface area contributed by atoms with Crippen molar-refractivity contribution >= 4 is 39.8 Å². The number of carbonyl (C=O) groups is 2. The van der Waals surface area contributed by atoms with E-state index in [0.717, 1.165) is 10.9 Å². The lowest BCUT2D eigenvalue weighted by molar-refractivity contribution is 0.0529. The second kappa shape index (κ2) is 6.85. The molecular weight excluding hydrogens is 364 g/mol. The molecule has 0 spiro atoms. The summed E-state index contributed by atoms with van der Waals surface area (Å²) >= 11 is 5.92. The number of hydrogen-bond acceptors (Lipinski definition) is 4. The van der Waals surface area contributed by atoms with E-state index in [9.17, 15) is 9.59 Å².